The Hall–Kier alpha value is -1.37. The molecule has 1 atom stereocenters. The van der Waals surface area contributed by atoms with Gasteiger partial charge in [-0.1, -0.05) is 17.7 Å². The largest absolute Gasteiger partial charge is 0.496 e. The second-order valence-corrected chi connectivity index (χ2v) is 9.18. The molecule has 8 heteroatoms. The minimum atomic E-state index is -0.268. The Morgan fingerprint density at radius 3 is 1.84 bits per heavy atom. The summed E-state index contributed by atoms with van der Waals surface area (Å²) >= 11 is 6.32. The van der Waals surface area contributed by atoms with E-state index < -0.39 is 0 Å². The van der Waals surface area contributed by atoms with E-state index in [9.17, 15) is 4.79 Å². The monoisotopic (exact) mass is 459 g/mol. The second kappa shape index (κ2) is 12.6. The summed E-state index contributed by atoms with van der Waals surface area (Å²) in [6, 6.07) is 8.78. The number of carbonyl (C=O) groups excluding carboxylic acids is 1. The first-order valence-corrected chi connectivity index (χ1v) is 11.3. The van der Waals surface area contributed by atoms with E-state index in [0.717, 1.165) is 0 Å². The number of ether oxygens (including phenoxy) is 4. The van der Waals surface area contributed by atoms with Gasteiger partial charge in [-0.25, -0.2) is 0 Å². The predicted molar refractivity (Wildman–Crippen MR) is 130 cm³/mol. The molecule has 0 bridgehead atoms. The third-order valence-electron chi connectivity index (χ3n) is 3.80. The van der Waals surface area contributed by atoms with Crippen LogP contribution in [-0.2, 0) is 0 Å². The Kier molecular flexibility index (Phi) is 11.3. The molecular weight excluding hydrogens is 430 g/mol. The van der Waals surface area contributed by atoms with Crippen LogP contribution in [0, 0.1) is 0 Å². The third-order valence-corrected chi connectivity index (χ3v) is 5.33. The van der Waals surface area contributed by atoms with Crippen LogP contribution in [0.25, 0.3) is 0 Å². The minimum Gasteiger partial charge on any atom is -0.496 e. The van der Waals surface area contributed by atoms with Crippen LogP contribution in [0.4, 0.5) is 0 Å². The van der Waals surface area contributed by atoms with Crippen molar-refractivity contribution in [2.45, 2.75) is 59.9 Å². The number of rotatable bonds is 10. The van der Waals surface area contributed by atoms with Crippen LogP contribution in [0.3, 0.4) is 0 Å². The van der Waals surface area contributed by atoms with E-state index in [-0.39, 0.29) is 51.3 Å². The first kappa shape index (κ1) is 27.7. The Morgan fingerprint density at radius 1 is 0.871 bits per heavy atom. The SMILES string of the molecule is COc1cccc(Cl)c1C(=O)Pc1c(OC(C)C)cc(OC(C)C)cc1OC(C)C.[Li]. The molecule has 0 heterocycles. The predicted octanol–water partition coefficient (Wildman–Crippen LogP) is 5.47. The van der Waals surface area contributed by atoms with Gasteiger partial charge in [0.2, 0.25) is 0 Å². The number of benzene rings is 2. The van der Waals surface area contributed by atoms with Crippen LogP contribution < -0.4 is 24.3 Å². The van der Waals surface area contributed by atoms with Crippen LogP contribution in [-0.4, -0.2) is 49.8 Å². The molecule has 0 N–H and O–H groups in total. The van der Waals surface area contributed by atoms with E-state index in [0.29, 0.717) is 38.9 Å². The van der Waals surface area contributed by atoms with Crippen molar-refractivity contribution in [2.75, 3.05) is 7.11 Å². The van der Waals surface area contributed by atoms with Crippen molar-refractivity contribution in [3.63, 3.8) is 0 Å². The van der Waals surface area contributed by atoms with Crippen molar-refractivity contribution in [2.24, 2.45) is 0 Å². The molecule has 5 nitrogen and oxygen atoms in total. The van der Waals surface area contributed by atoms with Crippen molar-refractivity contribution in [3.8, 4) is 23.0 Å². The maximum Gasteiger partial charge on any atom is 0.191 e. The molecule has 0 fully saturated rings. The molecule has 0 saturated carbocycles. The standard InChI is InChI=1S/C23H30ClO5P.Li/c1-13(2)27-16-11-19(28-14(3)4)22(20(12-16)29-15(5)6)30-23(25)21-17(24)9-8-10-18(21)26-7;/h8-15,30H,1-7H3;. The number of methoxy groups -OCH3 is 1. The molecule has 0 aliphatic rings. The van der Waals surface area contributed by atoms with Crippen LogP contribution >= 0.6 is 20.2 Å². The summed E-state index contributed by atoms with van der Waals surface area (Å²) in [5.74, 6) is 2.21. The molecule has 0 spiro atoms. The van der Waals surface area contributed by atoms with Gasteiger partial charge in [0.15, 0.2) is 5.52 Å². The zero-order valence-corrected chi connectivity index (χ0v) is 21.3. The molecule has 31 heavy (non-hydrogen) atoms. The molecule has 0 aliphatic carbocycles. The fourth-order valence-electron chi connectivity index (χ4n) is 2.79. The Bertz CT molecular complexity index is 855. The smallest absolute Gasteiger partial charge is 0.191 e. The van der Waals surface area contributed by atoms with Crippen LogP contribution in [0.15, 0.2) is 30.3 Å². The number of halogens is 1. The molecule has 2 aromatic rings. The van der Waals surface area contributed by atoms with Gasteiger partial charge < -0.3 is 18.9 Å². The minimum absolute atomic E-state index is 0. The summed E-state index contributed by atoms with van der Waals surface area (Å²) < 4.78 is 23.3. The summed E-state index contributed by atoms with van der Waals surface area (Å²) in [5, 5.41) is 1.03. The van der Waals surface area contributed by atoms with Crippen molar-refractivity contribution in [1.29, 1.82) is 0 Å². The van der Waals surface area contributed by atoms with Gasteiger partial charge in [0.05, 0.1) is 41.3 Å². The molecule has 2 rings (SSSR count). The van der Waals surface area contributed by atoms with Crippen LogP contribution in [0.5, 0.6) is 23.0 Å². The fourth-order valence-corrected chi connectivity index (χ4v) is 4.24. The zero-order valence-electron chi connectivity index (χ0n) is 19.5. The maximum absolute atomic E-state index is 13.3. The van der Waals surface area contributed by atoms with E-state index in [1.54, 1.807) is 18.2 Å². The molecule has 1 unspecified atom stereocenters. The maximum atomic E-state index is 13.3. The van der Waals surface area contributed by atoms with Crippen molar-refractivity contribution in [1.82, 2.24) is 0 Å². The van der Waals surface area contributed by atoms with E-state index in [1.165, 1.54) is 7.11 Å². The summed E-state index contributed by atoms with van der Waals surface area (Å²) in [5.41, 5.74) is 0.200. The zero-order chi connectivity index (χ0) is 22.4. The van der Waals surface area contributed by atoms with Gasteiger partial charge in [-0.15, -0.1) is 0 Å². The average molecular weight is 460 g/mol. The summed E-state index contributed by atoms with van der Waals surface area (Å²) in [6.07, 6.45) is -0.175. The summed E-state index contributed by atoms with van der Waals surface area (Å²) in [6.45, 7) is 11.6. The Balaban J connectivity index is 0.00000480. The molecule has 0 amide bonds. The molecule has 165 valence electrons. The molecular formula is C23H30ClLiO5P. The fraction of sp³-hybridized carbons (Fsp3) is 0.435. The van der Waals surface area contributed by atoms with Gasteiger partial charge in [0, 0.05) is 31.0 Å². The van der Waals surface area contributed by atoms with Crippen LogP contribution in [0.2, 0.25) is 5.02 Å². The van der Waals surface area contributed by atoms with E-state index in [4.69, 9.17) is 30.5 Å². The number of hydrogen-bond donors (Lipinski definition) is 0. The van der Waals surface area contributed by atoms with E-state index >= 15 is 0 Å². The van der Waals surface area contributed by atoms with Gasteiger partial charge in [-0.3, -0.25) is 4.79 Å². The van der Waals surface area contributed by atoms with Gasteiger partial charge in [0.25, 0.3) is 0 Å². The topological polar surface area (TPSA) is 54.0 Å². The third kappa shape index (κ3) is 7.92. The van der Waals surface area contributed by atoms with Crippen molar-refractivity contribution >= 4 is 49.9 Å². The van der Waals surface area contributed by atoms with Gasteiger partial charge in [-0.05, 0) is 62.3 Å². The van der Waals surface area contributed by atoms with Gasteiger partial charge in [-0.2, -0.15) is 0 Å². The quantitative estimate of drug-likeness (QED) is 0.348. The Morgan fingerprint density at radius 2 is 1.39 bits per heavy atom. The number of hydrogen-bond acceptors (Lipinski definition) is 5. The first-order valence-electron chi connectivity index (χ1n) is 9.94. The Labute approximate surface area is 204 Å². The van der Waals surface area contributed by atoms with Crippen molar-refractivity contribution < 1.29 is 23.7 Å². The normalized spacial score (nSPS) is 11.2. The average Bonchev–Trinajstić information content (AvgIpc) is 2.62. The van der Waals surface area contributed by atoms with Gasteiger partial charge >= 0.3 is 0 Å². The second-order valence-electron chi connectivity index (χ2n) is 7.57. The molecule has 0 aromatic heterocycles. The van der Waals surface area contributed by atoms with Crippen LogP contribution in [0.1, 0.15) is 51.9 Å². The molecule has 0 saturated heterocycles. The molecule has 2 aromatic carbocycles. The molecule has 0 aliphatic heterocycles. The van der Waals surface area contributed by atoms with E-state index in [2.05, 4.69) is 0 Å². The van der Waals surface area contributed by atoms with Gasteiger partial charge in [0.1, 0.15) is 23.0 Å². The summed E-state index contributed by atoms with van der Waals surface area (Å²) in [7, 11) is 1.25. The number of carbonyl (C=O) groups is 1. The van der Waals surface area contributed by atoms with E-state index in [1.807, 2.05) is 53.7 Å². The first-order chi connectivity index (χ1) is 14.1. The molecule has 1 radical (unpaired) electrons. The summed E-state index contributed by atoms with van der Waals surface area (Å²) in [4.78, 5) is 13.3. The van der Waals surface area contributed by atoms with Crippen molar-refractivity contribution in [3.05, 3.63) is 40.9 Å².